The van der Waals surface area contributed by atoms with Gasteiger partial charge in [0, 0.05) is 13.0 Å². The number of nitrogens with one attached hydrogen (secondary N) is 1. The summed E-state index contributed by atoms with van der Waals surface area (Å²) in [5, 5.41) is 2.23. The Hall–Kier alpha value is -1.92. The summed E-state index contributed by atoms with van der Waals surface area (Å²) in [4.78, 5) is 48.0. The van der Waals surface area contributed by atoms with Crippen molar-refractivity contribution >= 4 is 23.8 Å². The number of imide groups is 2. The topological polar surface area (TPSA) is 92.8 Å². The molecule has 2 fully saturated rings. The number of barbiturate groups is 1. The van der Waals surface area contributed by atoms with Crippen LogP contribution in [-0.2, 0) is 19.1 Å². The molecule has 0 atom stereocenters. The number of hydrogen-bond donors (Lipinski definition) is 1. The van der Waals surface area contributed by atoms with Gasteiger partial charge in [-0.3, -0.25) is 24.6 Å². The van der Waals surface area contributed by atoms with Crippen LogP contribution < -0.4 is 5.32 Å². The lowest BCUT2D eigenvalue weighted by molar-refractivity contribution is -0.158. The number of amides is 4. The Balaban J connectivity index is 1.93. The highest BCUT2D eigenvalue weighted by atomic mass is 16.5. The first kappa shape index (κ1) is 14.5. The SMILES string of the molecule is CCOC(=O)CCCN1C(=O)NC(=O)C2(CCC2)C1=O. The summed E-state index contributed by atoms with van der Waals surface area (Å²) in [5.41, 5.74) is -1.04. The lowest BCUT2D eigenvalue weighted by Crippen LogP contribution is -2.66. The predicted octanol–water partition coefficient (Wildman–Crippen LogP) is 0.578. The zero-order valence-electron chi connectivity index (χ0n) is 11.4. The number of esters is 1. The Bertz CT molecular complexity index is 456. The molecule has 1 saturated heterocycles. The molecule has 1 aliphatic heterocycles. The van der Waals surface area contributed by atoms with Gasteiger partial charge < -0.3 is 4.74 Å². The van der Waals surface area contributed by atoms with Crippen LogP contribution in [0.3, 0.4) is 0 Å². The van der Waals surface area contributed by atoms with E-state index in [1.54, 1.807) is 6.92 Å². The van der Waals surface area contributed by atoms with E-state index in [4.69, 9.17) is 4.74 Å². The zero-order chi connectivity index (χ0) is 14.8. The first-order valence-corrected chi connectivity index (χ1v) is 6.84. The van der Waals surface area contributed by atoms with Gasteiger partial charge in [0.25, 0.3) is 0 Å². The molecule has 1 N–H and O–H groups in total. The molecule has 1 aliphatic carbocycles. The molecule has 1 spiro atoms. The smallest absolute Gasteiger partial charge is 0.330 e. The predicted molar refractivity (Wildman–Crippen MR) is 67.4 cm³/mol. The average Bonchev–Trinajstić information content (AvgIpc) is 2.31. The third-order valence-corrected chi connectivity index (χ3v) is 3.83. The van der Waals surface area contributed by atoms with E-state index in [0.29, 0.717) is 25.9 Å². The monoisotopic (exact) mass is 282 g/mol. The van der Waals surface area contributed by atoms with Crippen LogP contribution in [0.2, 0.25) is 0 Å². The quantitative estimate of drug-likeness (QED) is 0.588. The molecular weight excluding hydrogens is 264 g/mol. The van der Waals surface area contributed by atoms with E-state index in [1.165, 1.54) is 0 Å². The Morgan fingerprint density at radius 1 is 1.35 bits per heavy atom. The van der Waals surface area contributed by atoms with E-state index in [9.17, 15) is 19.2 Å². The second-order valence-electron chi connectivity index (χ2n) is 5.06. The third-order valence-electron chi connectivity index (χ3n) is 3.83. The number of rotatable bonds is 5. The van der Waals surface area contributed by atoms with Crippen LogP contribution in [0, 0.1) is 5.41 Å². The molecule has 7 heteroatoms. The summed E-state index contributed by atoms with van der Waals surface area (Å²) in [6.45, 7) is 2.14. The van der Waals surface area contributed by atoms with Crippen molar-refractivity contribution in [3.8, 4) is 0 Å². The van der Waals surface area contributed by atoms with Crippen LogP contribution in [0.25, 0.3) is 0 Å². The van der Waals surface area contributed by atoms with Gasteiger partial charge in [-0.05, 0) is 26.2 Å². The molecule has 1 heterocycles. The Morgan fingerprint density at radius 2 is 2.05 bits per heavy atom. The molecule has 20 heavy (non-hydrogen) atoms. The fraction of sp³-hybridized carbons (Fsp3) is 0.692. The molecule has 2 aliphatic rings. The summed E-state index contributed by atoms with van der Waals surface area (Å²) in [6.07, 6.45) is 2.26. The summed E-state index contributed by atoms with van der Waals surface area (Å²) >= 11 is 0. The summed E-state index contributed by atoms with van der Waals surface area (Å²) in [6, 6.07) is -0.693. The van der Waals surface area contributed by atoms with Gasteiger partial charge in [0.15, 0.2) is 0 Å². The number of urea groups is 1. The number of carbonyl (C=O) groups is 4. The molecule has 1 saturated carbocycles. The fourth-order valence-corrected chi connectivity index (χ4v) is 2.52. The molecule has 0 aromatic heterocycles. The molecular formula is C13H18N2O5. The number of hydrogen-bond acceptors (Lipinski definition) is 5. The maximum absolute atomic E-state index is 12.3. The minimum Gasteiger partial charge on any atom is -0.466 e. The standard InChI is InChI=1S/C13H18N2O5/c1-2-20-9(16)5-3-8-15-11(18)13(6-4-7-13)10(17)14-12(15)19/h2-8H2,1H3,(H,14,17,19). The van der Waals surface area contributed by atoms with E-state index in [2.05, 4.69) is 5.32 Å². The minimum atomic E-state index is -1.04. The molecule has 7 nitrogen and oxygen atoms in total. The molecule has 4 amide bonds. The second kappa shape index (κ2) is 5.60. The molecule has 0 radical (unpaired) electrons. The molecule has 2 rings (SSSR count). The molecule has 0 aromatic rings. The number of ether oxygens (including phenoxy) is 1. The summed E-state index contributed by atoms with van der Waals surface area (Å²) in [7, 11) is 0. The molecule has 0 aromatic carbocycles. The first-order chi connectivity index (χ1) is 9.51. The van der Waals surface area contributed by atoms with Crippen molar-refractivity contribution in [2.45, 2.75) is 39.0 Å². The Kier molecular flexibility index (Phi) is 4.06. The van der Waals surface area contributed by atoms with Crippen molar-refractivity contribution in [1.82, 2.24) is 10.2 Å². The van der Waals surface area contributed by atoms with Gasteiger partial charge >= 0.3 is 12.0 Å². The van der Waals surface area contributed by atoms with E-state index in [1.807, 2.05) is 0 Å². The molecule has 0 unspecified atom stereocenters. The lowest BCUT2D eigenvalue weighted by atomic mass is 9.66. The van der Waals surface area contributed by atoms with Gasteiger partial charge in [-0.2, -0.15) is 0 Å². The minimum absolute atomic E-state index is 0.124. The van der Waals surface area contributed by atoms with Crippen molar-refractivity contribution in [2.24, 2.45) is 5.41 Å². The summed E-state index contributed by atoms with van der Waals surface area (Å²) < 4.78 is 4.78. The van der Waals surface area contributed by atoms with E-state index in [-0.39, 0.29) is 18.9 Å². The van der Waals surface area contributed by atoms with E-state index in [0.717, 1.165) is 11.3 Å². The first-order valence-electron chi connectivity index (χ1n) is 6.84. The van der Waals surface area contributed by atoms with Crippen LogP contribution in [-0.4, -0.2) is 41.9 Å². The highest BCUT2D eigenvalue weighted by molar-refractivity contribution is 6.19. The van der Waals surface area contributed by atoms with Crippen molar-refractivity contribution in [2.75, 3.05) is 13.2 Å². The maximum atomic E-state index is 12.3. The fourth-order valence-electron chi connectivity index (χ4n) is 2.52. The Morgan fingerprint density at radius 3 is 2.60 bits per heavy atom. The van der Waals surface area contributed by atoms with Gasteiger partial charge in [0.05, 0.1) is 6.61 Å². The Labute approximate surface area is 116 Å². The number of carbonyl (C=O) groups excluding carboxylic acids is 4. The van der Waals surface area contributed by atoms with Crippen LogP contribution in [0.4, 0.5) is 4.79 Å². The van der Waals surface area contributed by atoms with E-state index >= 15 is 0 Å². The largest absolute Gasteiger partial charge is 0.466 e. The third kappa shape index (κ3) is 2.39. The van der Waals surface area contributed by atoms with Crippen molar-refractivity contribution in [3.63, 3.8) is 0 Å². The van der Waals surface area contributed by atoms with Crippen LogP contribution in [0.5, 0.6) is 0 Å². The normalized spacial score (nSPS) is 20.6. The maximum Gasteiger partial charge on any atom is 0.330 e. The average molecular weight is 282 g/mol. The van der Waals surface area contributed by atoms with Crippen LogP contribution >= 0.6 is 0 Å². The van der Waals surface area contributed by atoms with Gasteiger partial charge in [-0.1, -0.05) is 6.42 Å². The van der Waals surface area contributed by atoms with Gasteiger partial charge in [-0.25, -0.2) is 4.79 Å². The van der Waals surface area contributed by atoms with Crippen LogP contribution in [0.1, 0.15) is 39.0 Å². The van der Waals surface area contributed by atoms with Crippen molar-refractivity contribution in [3.05, 3.63) is 0 Å². The summed E-state index contributed by atoms with van der Waals surface area (Å²) in [5.74, 6) is -1.27. The van der Waals surface area contributed by atoms with Gasteiger partial charge in [0.1, 0.15) is 5.41 Å². The van der Waals surface area contributed by atoms with E-state index < -0.39 is 23.3 Å². The van der Waals surface area contributed by atoms with Crippen molar-refractivity contribution in [1.29, 1.82) is 0 Å². The van der Waals surface area contributed by atoms with Crippen molar-refractivity contribution < 1.29 is 23.9 Å². The highest BCUT2D eigenvalue weighted by Gasteiger charge is 2.57. The highest BCUT2D eigenvalue weighted by Crippen LogP contribution is 2.44. The molecule has 110 valence electrons. The molecule has 0 bridgehead atoms. The zero-order valence-corrected chi connectivity index (χ0v) is 11.4. The number of nitrogens with zero attached hydrogens (tertiary/aromatic N) is 1. The second-order valence-corrected chi connectivity index (χ2v) is 5.06. The van der Waals surface area contributed by atoms with Gasteiger partial charge in [-0.15, -0.1) is 0 Å². The van der Waals surface area contributed by atoms with Gasteiger partial charge in [0.2, 0.25) is 11.8 Å². The van der Waals surface area contributed by atoms with Crippen LogP contribution in [0.15, 0.2) is 0 Å². The lowest BCUT2D eigenvalue weighted by Gasteiger charge is -2.44.